The van der Waals surface area contributed by atoms with E-state index < -0.39 is 5.41 Å². The number of benzene rings is 1. The fourth-order valence-electron chi connectivity index (χ4n) is 2.97. The quantitative estimate of drug-likeness (QED) is 0.864. The smallest absolute Gasteiger partial charge is 0.229 e. The van der Waals surface area contributed by atoms with Gasteiger partial charge in [-0.3, -0.25) is 4.79 Å². The Balaban J connectivity index is 1.99. The number of likely N-dealkylation sites (N-methyl/N-ethyl adjacent to an activating group) is 1. The summed E-state index contributed by atoms with van der Waals surface area (Å²) in [7, 11) is 3.52. The SMILES string of the molecule is COc1ccccc1CCN(C)C(=O)C1(CN)CCOCC1. The normalized spacial score (nSPS) is 17.0. The van der Waals surface area contributed by atoms with E-state index >= 15 is 0 Å². The first-order valence-corrected chi connectivity index (χ1v) is 7.78. The summed E-state index contributed by atoms with van der Waals surface area (Å²) in [6.45, 7) is 2.27. The monoisotopic (exact) mass is 306 g/mol. The molecule has 0 unspecified atom stereocenters. The van der Waals surface area contributed by atoms with Crippen LogP contribution in [0, 0.1) is 5.41 Å². The molecule has 2 rings (SSSR count). The number of amides is 1. The van der Waals surface area contributed by atoms with Gasteiger partial charge in [0.15, 0.2) is 0 Å². The standard InChI is InChI=1S/C17H26N2O3/c1-19(10-7-14-5-3-4-6-15(14)21-2)16(20)17(13-18)8-11-22-12-9-17/h3-6H,7-13,18H2,1-2H3. The Morgan fingerprint density at radius 3 is 2.68 bits per heavy atom. The summed E-state index contributed by atoms with van der Waals surface area (Å²) in [4.78, 5) is 14.6. The van der Waals surface area contributed by atoms with Crippen LogP contribution < -0.4 is 10.5 Å². The Morgan fingerprint density at radius 1 is 1.36 bits per heavy atom. The maximum atomic E-state index is 12.8. The fourth-order valence-corrected chi connectivity index (χ4v) is 2.97. The molecule has 0 aliphatic carbocycles. The first-order valence-electron chi connectivity index (χ1n) is 7.78. The number of rotatable bonds is 6. The lowest BCUT2D eigenvalue weighted by Gasteiger charge is -2.37. The zero-order chi connectivity index (χ0) is 16.0. The number of nitrogens with zero attached hydrogens (tertiary/aromatic N) is 1. The molecule has 1 amide bonds. The third-order valence-electron chi connectivity index (χ3n) is 4.55. The first-order chi connectivity index (χ1) is 10.6. The molecule has 0 atom stereocenters. The van der Waals surface area contributed by atoms with Crippen LogP contribution in [0.15, 0.2) is 24.3 Å². The Hall–Kier alpha value is -1.59. The van der Waals surface area contributed by atoms with Crippen LogP contribution in [0.25, 0.3) is 0 Å². The highest BCUT2D eigenvalue weighted by atomic mass is 16.5. The van der Waals surface area contributed by atoms with Gasteiger partial charge in [-0.05, 0) is 30.9 Å². The maximum absolute atomic E-state index is 12.8. The Bertz CT molecular complexity index is 498. The molecule has 5 heteroatoms. The van der Waals surface area contributed by atoms with Crippen LogP contribution in [0.5, 0.6) is 5.75 Å². The summed E-state index contributed by atoms with van der Waals surface area (Å²) < 4.78 is 10.7. The Morgan fingerprint density at radius 2 is 2.05 bits per heavy atom. The van der Waals surface area contributed by atoms with Crippen molar-refractivity contribution >= 4 is 5.91 Å². The molecule has 0 aromatic heterocycles. The van der Waals surface area contributed by atoms with Crippen molar-refractivity contribution in [2.75, 3.05) is 40.5 Å². The summed E-state index contributed by atoms with van der Waals surface area (Å²) in [6, 6.07) is 7.91. The molecule has 0 radical (unpaired) electrons. The van der Waals surface area contributed by atoms with E-state index in [9.17, 15) is 4.79 Å². The Labute approximate surface area is 132 Å². The summed E-state index contributed by atoms with van der Waals surface area (Å²) in [6.07, 6.45) is 2.19. The van der Waals surface area contributed by atoms with Crippen molar-refractivity contribution in [2.45, 2.75) is 19.3 Å². The van der Waals surface area contributed by atoms with Gasteiger partial charge >= 0.3 is 0 Å². The van der Waals surface area contributed by atoms with E-state index in [-0.39, 0.29) is 5.91 Å². The minimum atomic E-state index is -0.451. The summed E-state index contributed by atoms with van der Waals surface area (Å²) in [5.41, 5.74) is 6.57. The van der Waals surface area contributed by atoms with Crippen LogP contribution in [-0.2, 0) is 16.0 Å². The van der Waals surface area contributed by atoms with E-state index in [4.69, 9.17) is 15.2 Å². The van der Waals surface area contributed by atoms with Crippen molar-refractivity contribution < 1.29 is 14.3 Å². The maximum Gasteiger partial charge on any atom is 0.229 e. The minimum Gasteiger partial charge on any atom is -0.496 e. The molecular weight excluding hydrogens is 280 g/mol. The van der Waals surface area contributed by atoms with Crippen molar-refractivity contribution in [2.24, 2.45) is 11.1 Å². The average molecular weight is 306 g/mol. The molecule has 1 aromatic carbocycles. The van der Waals surface area contributed by atoms with Crippen LogP contribution in [0.4, 0.5) is 0 Å². The molecule has 1 heterocycles. The van der Waals surface area contributed by atoms with Crippen molar-refractivity contribution in [3.05, 3.63) is 29.8 Å². The van der Waals surface area contributed by atoms with E-state index in [1.54, 1.807) is 12.0 Å². The topological polar surface area (TPSA) is 64.8 Å². The van der Waals surface area contributed by atoms with Gasteiger partial charge < -0.3 is 20.1 Å². The van der Waals surface area contributed by atoms with Crippen LogP contribution in [0.1, 0.15) is 18.4 Å². The second kappa shape index (κ2) is 7.61. The zero-order valence-corrected chi connectivity index (χ0v) is 13.5. The number of methoxy groups -OCH3 is 1. The second-order valence-corrected chi connectivity index (χ2v) is 5.89. The van der Waals surface area contributed by atoms with Crippen molar-refractivity contribution in [1.29, 1.82) is 0 Å². The first kappa shape index (κ1) is 16.8. The van der Waals surface area contributed by atoms with E-state index in [1.165, 1.54) is 0 Å². The molecule has 1 fully saturated rings. The molecule has 0 saturated carbocycles. The number of nitrogens with two attached hydrogens (primary N) is 1. The predicted molar refractivity (Wildman–Crippen MR) is 85.9 cm³/mol. The van der Waals surface area contributed by atoms with Crippen LogP contribution >= 0.6 is 0 Å². The third kappa shape index (κ3) is 3.59. The fraction of sp³-hybridized carbons (Fsp3) is 0.588. The molecule has 0 bridgehead atoms. The van der Waals surface area contributed by atoms with Gasteiger partial charge in [0.05, 0.1) is 12.5 Å². The molecule has 22 heavy (non-hydrogen) atoms. The van der Waals surface area contributed by atoms with Gasteiger partial charge in [-0.25, -0.2) is 0 Å². The lowest BCUT2D eigenvalue weighted by Crippen LogP contribution is -2.50. The van der Waals surface area contributed by atoms with Gasteiger partial charge in [-0.1, -0.05) is 18.2 Å². The largest absolute Gasteiger partial charge is 0.496 e. The lowest BCUT2D eigenvalue weighted by atomic mass is 9.79. The lowest BCUT2D eigenvalue weighted by molar-refractivity contribution is -0.145. The van der Waals surface area contributed by atoms with Crippen molar-refractivity contribution in [3.8, 4) is 5.75 Å². The highest BCUT2D eigenvalue weighted by Crippen LogP contribution is 2.31. The highest BCUT2D eigenvalue weighted by molar-refractivity contribution is 5.83. The number of carbonyl (C=O) groups excluding carboxylic acids is 1. The highest BCUT2D eigenvalue weighted by Gasteiger charge is 2.40. The van der Waals surface area contributed by atoms with E-state index in [2.05, 4.69) is 0 Å². The van der Waals surface area contributed by atoms with Gasteiger partial charge in [0.2, 0.25) is 5.91 Å². The molecule has 1 aliphatic rings. The van der Waals surface area contributed by atoms with Gasteiger partial charge in [-0.15, -0.1) is 0 Å². The molecule has 5 nitrogen and oxygen atoms in total. The third-order valence-corrected chi connectivity index (χ3v) is 4.55. The average Bonchev–Trinajstić information content (AvgIpc) is 2.59. The molecule has 1 saturated heterocycles. The number of hydrogen-bond donors (Lipinski definition) is 1. The predicted octanol–water partition coefficient (Wildman–Crippen LogP) is 1.45. The van der Waals surface area contributed by atoms with Crippen LogP contribution in [0.2, 0.25) is 0 Å². The van der Waals surface area contributed by atoms with Crippen LogP contribution in [0.3, 0.4) is 0 Å². The second-order valence-electron chi connectivity index (χ2n) is 5.89. The molecule has 122 valence electrons. The molecule has 2 N–H and O–H groups in total. The van der Waals surface area contributed by atoms with Gasteiger partial charge in [0.1, 0.15) is 5.75 Å². The van der Waals surface area contributed by atoms with Gasteiger partial charge in [0.25, 0.3) is 0 Å². The molecule has 1 aliphatic heterocycles. The Kier molecular flexibility index (Phi) is 5.80. The van der Waals surface area contributed by atoms with Gasteiger partial charge in [-0.2, -0.15) is 0 Å². The number of ether oxygens (including phenoxy) is 2. The number of carbonyl (C=O) groups is 1. The van der Waals surface area contributed by atoms with E-state index in [0.717, 1.165) is 17.7 Å². The summed E-state index contributed by atoms with van der Waals surface area (Å²) in [5, 5.41) is 0. The van der Waals surface area contributed by atoms with Gasteiger partial charge in [0, 0.05) is 33.4 Å². The minimum absolute atomic E-state index is 0.133. The molecular formula is C17H26N2O3. The molecule has 1 aromatic rings. The van der Waals surface area contributed by atoms with Crippen molar-refractivity contribution in [3.63, 3.8) is 0 Å². The zero-order valence-electron chi connectivity index (χ0n) is 13.5. The number of hydrogen-bond acceptors (Lipinski definition) is 4. The molecule has 0 spiro atoms. The van der Waals surface area contributed by atoms with E-state index in [1.807, 2.05) is 31.3 Å². The number of para-hydroxylation sites is 1. The van der Waals surface area contributed by atoms with Crippen LogP contribution in [-0.4, -0.2) is 51.3 Å². The summed E-state index contributed by atoms with van der Waals surface area (Å²) >= 11 is 0. The van der Waals surface area contributed by atoms with Crippen molar-refractivity contribution in [1.82, 2.24) is 4.90 Å². The summed E-state index contributed by atoms with van der Waals surface area (Å²) in [5.74, 6) is 0.996. The van der Waals surface area contributed by atoms with E-state index in [0.29, 0.717) is 39.1 Å².